The summed E-state index contributed by atoms with van der Waals surface area (Å²) in [7, 11) is 0. The molecule has 0 radical (unpaired) electrons. The normalized spacial score (nSPS) is 27.2. The SMILES string of the molecule is CC1C=C(Br)C=C(F)C1. The van der Waals surface area contributed by atoms with E-state index in [0.29, 0.717) is 12.3 Å². The van der Waals surface area contributed by atoms with E-state index in [4.69, 9.17) is 0 Å². The van der Waals surface area contributed by atoms with E-state index >= 15 is 0 Å². The van der Waals surface area contributed by atoms with Crippen LogP contribution >= 0.6 is 15.9 Å². The van der Waals surface area contributed by atoms with Crippen LogP contribution < -0.4 is 0 Å². The van der Waals surface area contributed by atoms with E-state index in [-0.39, 0.29) is 5.83 Å². The van der Waals surface area contributed by atoms with Gasteiger partial charge in [0.05, 0.1) is 0 Å². The summed E-state index contributed by atoms with van der Waals surface area (Å²) < 4.78 is 13.3. The minimum atomic E-state index is -0.0307. The van der Waals surface area contributed by atoms with Crippen LogP contribution in [-0.4, -0.2) is 0 Å². The van der Waals surface area contributed by atoms with Crippen LogP contribution in [0, 0.1) is 5.92 Å². The van der Waals surface area contributed by atoms with Gasteiger partial charge in [0.15, 0.2) is 0 Å². The molecule has 0 saturated heterocycles. The first-order valence-electron chi connectivity index (χ1n) is 2.92. The molecule has 9 heavy (non-hydrogen) atoms. The molecule has 1 unspecified atom stereocenters. The lowest BCUT2D eigenvalue weighted by Crippen LogP contribution is -1.95. The van der Waals surface area contributed by atoms with Crippen LogP contribution in [0.3, 0.4) is 0 Å². The summed E-state index contributed by atoms with van der Waals surface area (Å²) in [5.41, 5.74) is 0. The highest BCUT2D eigenvalue weighted by Crippen LogP contribution is 2.25. The maximum Gasteiger partial charge on any atom is 0.102 e. The van der Waals surface area contributed by atoms with Crippen molar-refractivity contribution in [3.63, 3.8) is 0 Å². The molecule has 0 aliphatic heterocycles. The third-order valence-corrected chi connectivity index (χ3v) is 1.75. The molecule has 1 aliphatic rings. The second kappa shape index (κ2) is 2.65. The highest BCUT2D eigenvalue weighted by Gasteiger charge is 2.08. The van der Waals surface area contributed by atoms with Crippen molar-refractivity contribution in [1.29, 1.82) is 0 Å². The molecule has 0 aromatic heterocycles. The van der Waals surface area contributed by atoms with E-state index in [1.807, 2.05) is 13.0 Å². The van der Waals surface area contributed by atoms with Crippen molar-refractivity contribution in [3.8, 4) is 0 Å². The van der Waals surface area contributed by atoms with Crippen LogP contribution in [0.5, 0.6) is 0 Å². The monoisotopic (exact) mass is 190 g/mol. The fourth-order valence-electron chi connectivity index (χ4n) is 0.895. The molecule has 0 aromatic carbocycles. The minimum absolute atomic E-state index is 0.0307. The summed E-state index contributed by atoms with van der Waals surface area (Å²) in [4.78, 5) is 0. The molecule has 1 rings (SSSR count). The standard InChI is InChI=1S/C7H8BrF/c1-5-2-6(8)4-7(9)3-5/h2,4-5H,3H2,1H3. The molecule has 1 atom stereocenters. The molecule has 0 nitrogen and oxygen atoms in total. The summed E-state index contributed by atoms with van der Waals surface area (Å²) >= 11 is 3.21. The van der Waals surface area contributed by atoms with Crippen molar-refractivity contribution in [2.24, 2.45) is 5.92 Å². The summed E-state index contributed by atoms with van der Waals surface area (Å²) in [6, 6.07) is 0. The minimum Gasteiger partial charge on any atom is -0.212 e. The first kappa shape index (κ1) is 7.00. The molecule has 0 heterocycles. The van der Waals surface area contributed by atoms with Crippen LogP contribution in [0.15, 0.2) is 22.5 Å². The lowest BCUT2D eigenvalue weighted by molar-refractivity contribution is 0.535. The van der Waals surface area contributed by atoms with Gasteiger partial charge in [0.2, 0.25) is 0 Å². The maximum absolute atomic E-state index is 12.5. The fourth-order valence-corrected chi connectivity index (χ4v) is 1.59. The van der Waals surface area contributed by atoms with Crippen LogP contribution in [0.25, 0.3) is 0 Å². The van der Waals surface area contributed by atoms with E-state index in [2.05, 4.69) is 15.9 Å². The molecule has 1 aliphatic carbocycles. The highest BCUT2D eigenvalue weighted by molar-refractivity contribution is 9.11. The Balaban J connectivity index is 2.74. The van der Waals surface area contributed by atoms with Crippen LogP contribution in [-0.2, 0) is 0 Å². The van der Waals surface area contributed by atoms with Gasteiger partial charge in [-0.15, -0.1) is 0 Å². The van der Waals surface area contributed by atoms with Gasteiger partial charge in [-0.2, -0.15) is 0 Å². The Labute approximate surface area is 62.6 Å². The Morgan fingerprint density at radius 1 is 1.78 bits per heavy atom. The van der Waals surface area contributed by atoms with Gasteiger partial charge in [0.1, 0.15) is 5.83 Å². The topological polar surface area (TPSA) is 0 Å². The Hall–Kier alpha value is -0.110. The van der Waals surface area contributed by atoms with Crippen LogP contribution in [0.1, 0.15) is 13.3 Å². The van der Waals surface area contributed by atoms with Gasteiger partial charge in [-0.3, -0.25) is 0 Å². The largest absolute Gasteiger partial charge is 0.212 e. The van der Waals surface area contributed by atoms with E-state index in [9.17, 15) is 4.39 Å². The third-order valence-electron chi connectivity index (χ3n) is 1.26. The quantitative estimate of drug-likeness (QED) is 0.551. The Morgan fingerprint density at radius 2 is 2.44 bits per heavy atom. The average molecular weight is 191 g/mol. The molecule has 0 bridgehead atoms. The van der Waals surface area contributed by atoms with Gasteiger partial charge >= 0.3 is 0 Å². The smallest absolute Gasteiger partial charge is 0.102 e. The molecule has 0 amide bonds. The van der Waals surface area contributed by atoms with Crippen molar-refractivity contribution in [1.82, 2.24) is 0 Å². The van der Waals surface area contributed by atoms with E-state index < -0.39 is 0 Å². The van der Waals surface area contributed by atoms with Gasteiger partial charge in [0, 0.05) is 10.9 Å². The van der Waals surface area contributed by atoms with Crippen molar-refractivity contribution >= 4 is 15.9 Å². The van der Waals surface area contributed by atoms with Crippen molar-refractivity contribution in [2.45, 2.75) is 13.3 Å². The number of rotatable bonds is 0. The number of hydrogen-bond acceptors (Lipinski definition) is 0. The van der Waals surface area contributed by atoms with Crippen molar-refractivity contribution in [3.05, 3.63) is 22.5 Å². The summed E-state index contributed by atoms with van der Waals surface area (Å²) in [5, 5.41) is 0. The first-order valence-corrected chi connectivity index (χ1v) is 3.71. The number of allylic oxidation sites excluding steroid dienone is 4. The highest BCUT2D eigenvalue weighted by atomic mass is 79.9. The second-order valence-corrected chi connectivity index (χ2v) is 3.24. The molecular formula is C7H8BrF. The molecule has 0 spiro atoms. The van der Waals surface area contributed by atoms with Gasteiger partial charge in [-0.25, -0.2) is 4.39 Å². The molecule has 0 N–H and O–H groups in total. The van der Waals surface area contributed by atoms with Crippen molar-refractivity contribution in [2.75, 3.05) is 0 Å². The molecule has 2 heteroatoms. The predicted octanol–water partition coefficient (Wildman–Crippen LogP) is 3.16. The Kier molecular flexibility index (Phi) is 2.06. The first-order chi connectivity index (χ1) is 4.18. The van der Waals surface area contributed by atoms with Gasteiger partial charge in [0.25, 0.3) is 0 Å². The van der Waals surface area contributed by atoms with E-state index in [1.54, 1.807) is 0 Å². The van der Waals surface area contributed by atoms with Gasteiger partial charge in [-0.05, 0) is 12.0 Å². The fraction of sp³-hybridized carbons (Fsp3) is 0.429. The van der Waals surface area contributed by atoms with Gasteiger partial charge < -0.3 is 0 Å². The van der Waals surface area contributed by atoms with E-state index in [1.165, 1.54) is 6.08 Å². The Bertz CT molecular complexity index is 170. The zero-order valence-corrected chi connectivity index (χ0v) is 6.78. The lowest BCUT2D eigenvalue weighted by atomic mass is 10.0. The van der Waals surface area contributed by atoms with E-state index in [0.717, 1.165) is 4.48 Å². The second-order valence-electron chi connectivity index (χ2n) is 2.32. The number of halogens is 2. The summed E-state index contributed by atoms with van der Waals surface area (Å²) in [6.45, 7) is 1.99. The molecule has 0 fully saturated rings. The molecule has 0 saturated carbocycles. The predicted molar refractivity (Wildman–Crippen MR) is 40.0 cm³/mol. The van der Waals surface area contributed by atoms with Crippen molar-refractivity contribution < 1.29 is 4.39 Å². The third kappa shape index (κ3) is 1.94. The zero-order chi connectivity index (χ0) is 6.85. The molecule has 50 valence electrons. The summed E-state index contributed by atoms with van der Waals surface area (Å²) in [5.74, 6) is 0.307. The Morgan fingerprint density at radius 3 is 2.89 bits per heavy atom. The average Bonchev–Trinajstić information content (AvgIpc) is 1.59. The number of hydrogen-bond donors (Lipinski definition) is 0. The lowest BCUT2D eigenvalue weighted by Gasteiger charge is -2.09. The van der Waals surface area contributed by atoms with Gasteiger partial charge in [-0.1, -0.05) is 28.9 Å². The zero-order valence-electron chi connectivity index (χ0n) is 5.20. The maximum atomic E-state index is 12.5. The molecular weight excluding hydrogens is 183 g/mol. The molecule has 0 aromatic rings. The van der Waals surface area contributed by atoms with Crippen LogP contribution in [0.4, 0.5) is 4.39 Å². The summed E-state index contributed by atoms with van der Waals surface area (Å²) in [6.07, 6.45) is 4.07. The van der Waals surface area contributed by atoms with Crippen LogP contribution in [0.2, 0.25) is 0 Å².